The Labute approximate surface area is 153 Å². The van der Waals surface area contributed by atoms with E-state index in [1.165, 1.54) is 7.11 Å². The first kappa shape index (κ1) is 21.1. The summed E-state index contributed by atoms with van der Waals surface area (Å²) in [5.74, 6) is -2.79. The van der Waals surface area contributed by atoms with Crippen molar-refractivity contribution in [2.24, 2.45) is 0 Å². The third kappa shape index (κ3) is 7.24. The molecule has 0 amide bonds. The van der Waals surface area contributed by atoms with Crippen LogP contribution in [0.4, 0.5) is 4.39 Å². The van der Waals surface area contributed by atoms with Crippen LogP contribution in [0.2, 0.25) is 0 Å². The van der Waals surface area contributed by atoms with Crippen LogP contribution in [0.15, 0.2) is 12.3 Å². The Balaban J connectivity index is 0. The van der Waals surface area contributed by atoms with Crippen molar-refractivity contribution >= 4 is 71.1 Å². The van der Waals surface area contributed by atoms with Crippen LogP contribution in [-0.2, 0) is 14.3 Å². The Morgan fingerprint density at radius 2 is 1.89 bits per heavy atom. The van der Waals surface area contributed by atoms with Crippen LogP contribution in [0, 0.1) is 5.82 Å². The Hall–Kier alpha value is -0.180. The van der Waals surface area contributed by atoms with Crippen molar-refractivity contribution in [2.75, 3.05) is 14.2 Å². The molecule has 0 unspecified atom stereocenters. The number of nitrogens with zero attached hydrogens (tertiary/aromatic N) is 1. The number of methoxy groups -OCH3 is 2. The van der Waals surface area contributed by atoms with Gasteiger partial charge in [0.05, 0.1) is 20.4 Å². The molecule has 19 heavy (non-hydrogen) atoms. The molecule has 2 radical (unpaired) electrons. The molecule has 1 rings (SSSR count). The number of pyridine rings is 1. The van der Waals surface area contributed by atoms with E-state index in [0.717, 1.165) is 19.4 Å². The molecule has 0 spiro atoms. The molecule has 0 bridgehead atoms. The minimum absolute atomic E-state index is 0. The summed E-state index contributed by atoms with van der Waals surface area (Å²) >= 11 is 0. The van der Waals surface area contributed by atoms with E-state index in [-0.39, 0.29) is 70.7 Å². The topological polar surface area (TPSA) is 74.7 Å². The standard InChI is InChI=1S/C10H10FNO5.2Na/c1-15-8-3-7(6(11)5-12-8)17-10(14)4-9(13)16-2;;/h3,5H,4H2,1-2H3;;. The SMILES string of the molecule is COC(=O)CC(=O)Oc1cc(OC)ncc1F.[Na].[Na]. The molecule has 1 aromatic rings. The first-order valence-electron chi connectivity index (χ1n) is 4.54. The molecule has 1 heterocycles. The Bertz CT molecular complexity index is 444. The van der Waals surface area contributed by atoms with E-state index in [1.807, 2.05) is 0 Å². The second-order valence-electron chi connectivity index (χ2n) is 2.88. The summed E-state index contributed by atoms with van der Waals surface area (Å²) in [5.41, 5.74) is 0. The van der Waals surface area contributed by atoms with Gasteiger partial charge in [0.15, 0.2) is 11.6 Å². The number of carbonyl (C=O) groups excluding carboxylic acids is 2. The molecule has 0 aliphatic carbocycles. The predicted octanol–water partition coefficient (Wildman–Crippen LogP) is -0.0638. The van der Waals surface area contributed by atoms with Gasteiger partial charge < -0.3 is 14.2 Å². The van der Waals surface area contributed by atoms with Crippen LogP contribution in [-0.4, -0.2) is 90.3 Å². The van der Waals surface area contributed by atoms with Gasteiger partial charge >= 0.3 is 11.9 Å². The van der Waals surface area contributed by atoms with Crippen molar-refractivity contribution < 1.29 is 28.2 Å². The summed E-state index contributed by atoms with van der Waals surface area (Å²) in [6.45, 7) is 0. The van der Waals surface area contributed by atoms with Crippen LogP contribution >= 0.6 is 0 Å². The molecular formula is C10H10FNNa2O5. The number of halogens is 1. The molecule has 0 atom stereocenters. The molecular weight excluding hydrogens is 279 g/mol. The number of esters is 2. The number of ether oxygens (including phenoxy) is 3. The van der Waals surface area contributed by atoms with Crippen LogP contribution in [0.3, 0.4) is 0 Å². The van der Waals surface area contributed by atoms with Crippen LogP contribution in [0.25, 0.3) is 0 Å². The molecule has 9 heteroatoms. The summed E-state index contributed by atoms with van der Waals surface area (Å²) in [5, 5.41) is 0. The third-order valence-corrected chi connectivity index (χ3v) is 1.74. The molecule has 0 N–H and O–H groups in total. The number of rotatable bonds is 4. The van der Waals surface area contributed by atoms with Gasteiger partial charge in [0.2, 0.25) is 5.88 Å². The second kappa shape index (κ2) is 10.6. The van der Waals surface area contributed by atoms with Crippen LogP contribution in [0.5, 0.6) is 11.6 Å². The number of hydrogen-bond acceptors (Lipinski definition) is 6. The van der Waals surface area contributed by atoms with E-state index in [4.69, 9.17) is 4.74 Å². The van der Waals surface area contributed by atoms with Crippen molar-refractivity contribution in [1.29, 1.82) is 0 Å². The Morgan fingerprint density at radius 3 is 2.42 bits per heavy atom. The van der Waals surface area contributed by atoms with Crippen molar-refractivity contribution in [3.05, 3.63) is 18.1 Å². The van der Waals surface area contributed by atoms with Gasteiger partial charge in [0.25, 0.3) is 0 Å². The fraction of sp³-hybridized carbons (Fsp3) is 0.300. The molecule has 1 aromatic heterocycles. The average molecular weight is 289 g/mol. The van der Waals surface area contributed by atoms with Gasteiger partial charge in [-0.2, -0.15) is 0 Å². The summed E-state index contributed by atoms with van der Waals surface area (Å²) in [7, 11) is 2.46. The zero-order valence-corrected chi connectivity index (χ0v) is 15.2. The molecule has 0 aromatic carbocycles. The summed E-state index contributed by atoms with van der Waals surface area (Å²) < 4.78 is 26.8. The predicted molar refractivity (Wildman–Crippen MR) is 64.5 cm³/mol. The fourth-order valence-electron chi connectivity index (χ4n) is 0.941. The number of hydrogen-bond donors (Lipinski definition) is 0. The number of aromatic nitrogens is 1. The molecule has 0 fully saturated rings. The van der Waals surface area contributed by atoms with E-state index in [1.54, 1.807) is 0 Å². The Kier molecular flexibility index (Phi) is 11.8. The second-order valence-corrected chi connectivity index (χ2v) is 2.88. The van der Waals surface area contributed by atoms with E-state index in [0.29, 0.717) is 0 Å². The molecule has 0 saturated carbocycles. The maximum absolute atomic E-state index is 13.2. The average Bonchev–Trinajstić information content (AvgIpc) is 2.31. The van der Waals surface area contributed by atoms with Gasteiger partial charge in [-0.05, 0) is 0 Å². The van der Waals surface area contributed by atoms with Gasteiger partial charge in [-0.1, -0.05) is 0 Å². The maximum atomic E-state index is 13.2. The van der Waals surface area contributed by atoms with Crippen molar-refractivity contribution in [3.63, 3.8) is 0 Å². The molecule has 0 saturated heterocycles. The molecule has 6 nitrogen and oxygen atoms in total. The largest absolute Gasteiger partial charge is 0.481 e. The quantitative estimate of drug-likeness (QED) is 0.439. The van der Waals surface area contributed by atoms with Crippen LogP contribution < -0.4 is 9.47 Å². The zero-order chi connectivity index (χ0) is 12.8. The molecule has 0 aliphatic rings. The summed E-state index contributed by atoms with van der Waals surface area (Å²) in [6, 6.07) is 1.10. The van der Waals surface area contributed by atoms with E-state index in [9.17, 15) is 14.0 Å². The van der Waals surface area contributed by atoms with Gasteiger partial charge in [-0.3, -0.25) is 9.59 Å². The first-order valence-corrected chi connectivity index (χ1v) is 4.54. The van der Waals surface area contributed by atoms with Gasteiger partial charge in [0, 0.05) is 65.2 Å². The number of carbonyl (C=O) groups is 2. The van der Waals surface area contributed by atoms with Gasteiger partial charge in [0.1, 0.15) is 6.42 Å². The van der Waals surface area contributed by atoms with Crippen molar-refractivity contribution in [2.45, 2.75) is 6.42 Å². The first-order chi connectivity index (χ1) is 8.06. The summed E-state index contributed by atoms with van der Waals surface area (Å²) in [4.78, 5) is 25.5. The monoisotopic (exact) mass is 289 g/mol. The van der Waals surface area contributed by atoms with Crippen molar-refractivity contribution in [3.8, 4) is 11.6 Å². The molecule has 0 aliphatic heterocycles. The maximum Gasteiger partial charge on any atom is 0.322 e. The third-order valence-electron chi connectivity index (χ3n) is 1.74. The van der Waals surface area contributed by atoms with E-state index in [2.05, 4.69) is 14.5 Å². The fourth-order valence-corrected chi connectivity index (χ4v) is 0.941. The Morgan fingerprint density at radius 1 is 1.26 bits per heavy atom. The normalized spacial score (nSPS) is 8.58. The van der Waals surface area contributed by atoms with Crippen LogP contribution in [0.1, 0.15) is 6.42 Å². The van der Waals surface area contributed by atoms with Gasteiger partial charge in [-0.25, -0.2) is 9.37 Å². The van der Waals surface area contributed by atoms with Gasteiger partial charge in [-0.15, -0.1) is 0 Å². The van der Waals surface area contributed by atoms with Crippen molar-refractivity contribution in [1.82, 2.24) is 4.98 Å². The summed E-state index contributed by atoms with van der Waals surface area (Å²) in [6.07, 6.45) is 0.250. The smallest absolute Gasteiger partial charge is 0.322 e. The van der Waals surface area contributed by atoms with E-state index < -0.39 is 24.2 Å². The minimum Gasteiger partial charge on any atom is -0.481 e. The van der Waals surface area contributed by atoms with E-state index >= 15 is 0 Å². The molecule has 94 valence electrons. The zero-order valence-electron chi connectivity index (χ0n) is 11.2. The minimum atomic E-state index is -0.927.